The van der Waals surface area contributed by atoms with Gasteiger partial charge in [-0.05, 0) is 45.3 Å². The molecule has 1 aliphatic heterocycles. The molecule has 172 valence electrons. The summed E-state index contributed by atoms with van der Waals surface area (Å²) in [6.45, 7) is 7.03. The molecular weight excluding hydrogens is 490 g/mol. The fourth-order valence-electron chi connectivity index (χ4n) is 4.11. The molecule has 0 saturated carbocycles. The molecule has 1 saturated heterocycles. The van der Waals surface area contributed by atoms with Crippen LogP contribution in [0.25, 0.3) is 10.9 Å². The van der Waals surface area contributed by atoms with E-state index in [9.17, 15) is 9.59 Å². The molecule has 0 amide bonds. The standard InChI is InChI=1S/C25H24BrNO6/c1-5-10-31-22-17(26)11-14(12-19(22)30-4)20(16-13-27-18-9-7-6-8-15(16)18)21-23(28)32-25(2,3)33-24(21)29/h5-9,11-13,20-21,27H,1,10H2,2-4H3/t20-/m1/s1. The summed E-state index contributed by atoms with van der Waals surface area (Å²) in [5.74, 6) is -3.57. The summed E-state index contributed by atoms with van der Waals surface area (Å²) in [6.07, 6.45) is 3.43. The van der Waals surface area contributed by atoms with E-state index in [-0.39, 0.29) is 6.61 Å². The number of hydrogen-bond acceptors (Lipinski definition) is 6. The van der Waals surface area contributed by atoms with Crippen LogP contribution < -0.4 is 9.47 Å². The molecule has 7 nitrogen and oxygen atoms in total. The number of H-pyrrole nitrogens is 1. The van der Waals surface area contributed by atoms with Crippen LogP contribution in [0, 0.1) is 5.92 Å². The minimum Gasteiger partial charge on any atom is -0.493 e. The zero-order valence-electron chi connectivity index (χ0n) is 18.5. The fraction of sp³-hybridized carbons (Fsp3) is 0.280. The lowest BCUT2D eigenvalue weighted by molar-refractivity contribution is -0.240. The van der Waals surface area contributed by atoms with E-state index in [0.29, 0.717) is 21.5 Å². The minimum atomic E-state index is -1.32. The molecular formula is C25H24BrNO6. The largest absolute Gasteiger partial charge is 0.493 e. The molecule has 3 aromatic rings. The molecule has 0 unspecified atom stereocenters. The summed E-state index contributed by atoms with van der Waals surface area (Å²) in [5.41, 5.74) is 2.30. The second-order valence-corrected chi connectivity index (χ2v) is 8.98. The van der Waals surface area contributed by atoms with Gasteiger partial charge in [-0.2, -0.15) is 0 Å². The van der Waals surface area contributed by atoms with E-state index in [2.05, 4.69) is 27.5 Å². The summed E-state index contributed by atoms with van der Waals surface area (Å²) in [5, 5.41) is 0.884. The number of esters is 2. The SMILES string of the molecule is C=CCOc1c(Br)cc([C@H](c2c[nH]c3ccccc23)C2C(=O)OC(C)(C)OC2=O)cc1OC. The molecule has 1 fully saturated rings. The maximum absolute atomic E-state index is 13.1. The Morgan fingerprint density at radius 3 is 2.58 bits per heavy atom. The van der Waals surface area contributed by atoms with Crippen LogP contribution in [0.1, 0.15) is 30.9 Å². The van der Waals surface area contributed by atoms with E-state index >= 15 is 0 Å². The first-order valence-electron chi connectivity index (χ1n) is 10.4. The third-order valence-corrected chi connectivity index (χ3v) is 6.04. The molecule has 33 heavy (non-hydrogen) atoms. The smallest absolute Gasteiger partial charge is 0.324 e. The average molecular weight is 514 g/mol. The Balaban J connectivity index is 1.91. The van der Waals surface area contributed by atoms with Crippen molar-refractivity contribution in [3.05, 3.63) is 70.8 Å². The molecule has 0 aliphatic carbocycles. The van der Waals surface area contributed by atoms with Crippen molar-refractivity contribution in [1.82, 2.24) is 4.98 Å². The molecule has 2 heterocycles. The summed E-state index contributed by atoms with van der Waals surface area (Å²) in [7, 11) is 1.53. The van der Waals surface area contributed by atoms with Crippen LogP contribution in [0.4, 0.5) is 0 Å². The van der Waals surface area contributed by atoms with E-state index in [1.807, 2.05) is 30.3 Å². The van der Waals surface area contributed by atoms with Gasteiger partial charge in [-0.15, -0.1) is 0 Å². The Labute approximate surface area is 199 Å². The molecule has 0 bridgehead atoms. The van der Waals surface area contributed by atoms with E-state index < -0.39 is 29.6 Å². The number of carbonyl (C=O) groups excluding carboxylic acids is 2. The van der Waals surface area contributed by atoms with E-state index in [0.717, 1.165) is 16.5 Å². The quantitative estimate of drug-likeness (QED) is 0.269. The van der Waals surface area contributed by atoms with Crippen molar-refractivity contribution in [2.45, 2.75) is 25.6 Å². The molecule has 1 N–H and O–H groups in total. The first-order valence-corrected chi connectivity index (χ1v) is 11.2. The Morgan fingerprint density at radius 1 is 1.21 bits per heavy atom. The normalized spacial score (nSPS) is 16.7. The van der Waals surface area contributed by atoms with Gasteiger partial charge >= 0.3 is 11.9 Å². The van der Waals surface area contributed by atoms with Crippen molar-refractivity contribution in [3.8, 4) is 11.5 Å². The van der Waals surface area contributed by atoms with Crippen molar-refractivity contribution < 1.29 is 28.5 Å². The lowest BCUT2D eigenvalue weighted by Gasteiger charge is -2.36. The van der Waals surface area contributed by atoms with Gasteiger partial charge in [0, 0.05) is 36.9 Å². The van der Waals surface area contributed by atoms with Gasteiger partial charge in [0.2, 0.25) is 0 Å². The van der Waals surface area contributed by atoms with Gasteiger partial charge in [-0.1, -0.05) is 30.9 Å². The van der Waals surface area contributed by atoms with Gasteiger partial charge in [0.25, 0.3) is 5.79 Å². The Hall–Kier alpha value is -3.26. The van der Waals surface area contributed by atoms with Crippen LogP contribution in [0.5, 0.6) is 11.5 Å². The lowest BCUT2D eigenvalue weighted by Crippen LogP contribution is -2.48. The van der Waals surface area contributed by atoms with Gasteiger partial charge in [0.15, 0.2) is 17.4 Å². The molecule has 1 aliphatic rings. The van der Waals surface area contributed by atoms with Crippen LogP contribution in [-0.4, -0.2) is 36.4 Å². The number of ether oxygens (including phenoxy) is 4. The summed E-state index contributed by atoms with van der Waals surface area (Å²) < 4.78 is 22.8. The number of carbonyl (C=O) groups is 2. The van der Waals surface area contributed by atoms with Crippen LogP contribution in [-0.2, 0) is 19.1 Å². The number of halogens is 1. The van der Waals surface area contributed by atoms with Gasteiger partial charge in [-0.25, -0.2) is 0 Å². The zero-order chi connectivity index (χ0) is 23.8. The van der Waals surface area contributed by atoms with Gasteiger partial charge in [0.1, 0.15) is 6.61 Å². The van der Waals surface area contributed by atoms with Gasteiger partial charge < -0.3 is 23.9 Å². The van der Waals surface area contributed by atoms with Crippen LogP contribution in [0.2, 0.25) is 0 Å². The number of fused-ring (bicyclic) bond motifs is 1. The highest BCUT2D eigenvalue weighted by molar-refractivity contribution is 9.10. The Bertz CT molecular complexity index is 1210. The first kappa shape index (κ1) is 22.9. The number of para-hydroxylation sites is 1. The second kappa shape index (κ2) is 8.94. The van der Waals surface area contributed by atoms with Crippen molar-refractivity contribution in [2.24, 2.45) is 5.92 Å². The summed E-state index contributed by atoms with van der Waals surface area (Å²) in [6, 6.07) is 11.3. The highest BCUT2D eigenvalue weighted by Gasteiger charge is 2.49. The average Bonchev–Trinajstić information content (AvgIpc) is 3.18. The molecule has 8 heteroatoms. The first-order chi connectivity index (χ1) is 15.8. The van der Waals surface area contributed by atoms with Crippen molar-refractivity contribution in [2.75, 3.05) is 13.7 Å². The minimum absolute atomic E-state index is 0.288. The topological polar surface area (TPSA) is 86.9 Å². The number of cyclic esters (lactones) is 2. The molecule has 1 atom stereocenters. The van der Waals surface area contributed by atoms with Crippen molar-refractivity contribution >= 4 is 38.8 Å². The number of benzene rings is 2. The third-order valence-electron chi connectivity index (χ3n) is 5.45. The predicted molar refractivity (Wildman–Crippen MR) is 126 cm³/mol. The Morgan fingerprint density at radius 2 is 1.91 bits per heavy atom. The number of aromatic nitrogens is 1. The summed E-state index contributed by atoms with van der Waals surface area (Å²) in [4.78, 5) is 29.4. The second-order valence-electron chi connectivity index (χ2n) is 8.12. The zero-order valence-corrected chi connectivity index (χ0v) is 20.1. The lowest BCUT2D eigenvalue weighted by atomic mass is 9.80. The van der Waals surface area contributed by atoms with E-state index in [1.165, 1.54) is 21.0 Å². The molecule has 0 radical (unpaired) electrons. The molecule has 1 aromatic heterocycles. The van der Waals surface area contributed by atoms with Crippen LogP contribution >= 0.6 is 15.9 Å². The van der Waals surface area contributed by atoms with Gasteiger partial charge in [0.05, 0.1) is 11.6 Å². The van der Waals surface area contributed by atoms with E-state index in [1.54, 1.807) is 18.3 Å². The number of methoxy groups -OCH3 is 1. The molecule has 0 spiro atoms. The number of hydrogen-bond donors (Lipinski definition) is 1. The van der Waals surface area contributed by atoms with Crippen molar-refractivity contribution in [3.63, 3.8) is 0 Å². The van der Waals surface area contributed by atoms with E-state index in [4.69, 9.17) is 18.9 Å². The monoisotopic (exact) mass is 513 g/mol. The van der Waals surface area contributed by atoms with Gasteiger partial charge in [-0.3, -0.25) is 9.59 Å². The van der Waals surface area contributed by atoms with Crippen LogP contribution in [0.15, 0.2) is 59.7 Å². The number of rotatable bonds is 7. The highest BCUT2D eigenvalue weighted by Crippen LogP contribution is 2.45. The van der Waals surface area contributed by atoms with Crippen molar-refractivity contribution in [1.29, 1.82) is 0 Å². The Kier molecular flexibility index (Phi) is 6.21. The highest BCUT2D eigenvalue weighted by atomic mass is 79.9. The maximum atomic E-state index is 13.1. The maximum Gasteiger partial charge on any atom is 0.324 e. The number of nitrogens with one attached hydrogen (secondary N) is 1. The predicted octanol–water partition coefficient (Wildman–Crippen LogP) is 5.09. The fourth-order valence-corrected chi connectivity index (χ4v) is 4.68. The molecule has 4 rings (SSSR count). The summed E-state index contributed by atoms with van der Waals surface area (Å²) >= 11 is 3.54. The number of aromatic amines is 1. The molecule has 2 aromatic carbocycles. The van der Waals surface area contributed by atoms with Crippen LogP contribution in [0.3, 0.4) is 0 Å². The third kappa shape index (κ3) is 4.35.